The number of methoxy groups -OCH3 is 2. The van der Waals surface area contributed by atoms with Gasteiger partial charge in [0.05, 0.1) is 29.5 Å². The van der Waals surface area contributed by atoms with Gasteiger partial charge in [-0.1, -0.05) is 11.3 Å². The quantitative estimate of drug-likeness (QED) is 0.855. The molecule has 0 saturated carbocycles. The Balaban J connectivity index is 2.47. The molecule has 0 aliphatic heterocycles. The van der Waals surface area contributed by atoms with Crippen molar-refractivity contribution in [1.82, 2.24) is 4.57 Å². The molecule has 0 aliphatic rings. The second kappa shape index (κ2) is 5.32. The lowest BCUT2D eigenvalue weighted by Gasteiger charge is -2.04. The molecule has 0 spiro atoms. The van der Waals surface area contributed by atoms with Crippen LogP contribution in [-0.2, 0) is 16.0 Å². The minimum Gasteiger partial charge on any atom is -0.465 e. The first-order valence-electron chi connectivity index (χ1n) is 5.42. The van der Waals surface area contributed by atoms with Crippen LogP contribution in [0.1, 0.15) is 10.4 Å². The summed E-state index contributed by atoms with van der Waals surface area (Å²) in [6.45, 7) is 1.19. The van der Waals surface area contributed by atoms with Gasteiger partial charge in [-0.2, -0.15) is 0 Å². The van der Waals surface area contributed by atoms with Crippen molar-refractivity contribution in [2.75, 3.05) is 20.8 Å². The maximum absolute atomic E-state index is 11.4. The van der Waals surface area contributed by atoms with E-state index in [0.717, 1.165) is 10.2 Å². The molecule has 5 nitrogen and oxygen atoms in total. The van der Waals surface area contributed by atoms with Gasteiger partial charge >= 0.3 is 5.97 Å². The number of esters is 1. The number of ether oxygens (including phenoxy) is 2. The van der Waals surface area contributed by atoms with E-state index in [4.69, 9.17) is 10.1 Å². The number of hydrogen-bond acceptors (Lipinski definition) is 5. The van der Waals surface area contributed by atoms with Gasteiger partial charge in [0.25, 0.3) is 0 Å². The monoisotopic (exact) mass is 266 g/mol. The molecule has 0 fully saturated rings. The molecule has 0 unspecified atom stereocenters. The molecule has 1 heterocycles. The molecule has 1 aromatic heterocycles. The summed E-state index contributed by atoms with van der Waals surface area (Å²) >= 11 is 1.34. The Morgan fingerprint density at radius 2 is 2.22 bits per heavy atom. The molecule has 0 radical (unpaired) electrons. The fraction of sp³-hybridized carbons (Fsp3) is 0.333. The van der Waals surface area contributed by atoms with Gasteiger partial charge in [-0.25, -0.2) is 4.79 Å². The molecule has 0 saturated heterocycles. The first-order chi connectivity index (χ1) is 8.67. The maximum atomic E-state index is 11.4. The van der Waals surface area contributed by atoms with Crippen LogP contribution in [0.15, 0.2) is 18.2 Å². The van der Waals surface area contributed by atoms with Gasteiger partial charge in [0.2, 0.25) is 0 Å². The van der Waals surface area contributed by atoms with E-state index in [1.165, 1.54) is 18.4 Å². The maximum Gasteiger partial charge on any atom is 0.337 e. The number of nitrogens with one attached hydrogen (secondary N) is 1. The Morgan fingerprint density at radius 3 is 2.89 bits per heavy atom. The van der Waals surface area contributed by atoms with Crippen molar-refractivity contribution in [2.24, 2.45) is 0 Å². The number of hydrogen-bond donors (Lipinski definition) is 1. The Hall–Kier alpha value is -1.66. The van der Waals surface area contributed by atoms with Crippen LogP contribution in [0.2, 0.25) is 0 Å². The fourth-order valence-electron chi connectivity index (χ4n) is 1.74. The summed E-state index contributed by atoms with van der Waals surface area (Å²) in [5, 5.41) is 7.91. The number of carbonyl (C=O) groups is 1. The zero-order chi connectivity index (χ0) is 13.1. The van der Waals surface area contributed by atoms with E-state index in [1.54, 1.807) is 19.2 Å². The third kappa shape index (κ3) is 2.30. The molecule has 0 bridgehead atoms. The molecule has 2 aromatic rings. The molecule has 0 atom stereocenters. The average Bonchev–Trinajstić information content (AvgIpc) is 2.70. The van der Waals surface area contributed by atoms with E-state index in [2.05, 4.69) is 4.74 Å². The van der Waals surface area contributed by atoms with Crippen molar-refractivity contribution in [3.63, 3.8) is 0 Å². The summed E-state index contributed by atoms with van der Waals surface area (Å²) in [6, 6.07) is 5.31. The van der Waals surface area contributed by atoms with Crippen molar-refractivity contribution >= 4 is 27.5 Å². The third-order valence-electron chi connectivity index (χ3n) is 2.64. The minimum absolute atomic E-state index is 0.361. The van der Waals surface area contributed by atoms with E-state index in [-0.39, 0.29) is 5.97 Å². The summed E-state index contributed by atoms with van der Waals surface area (Å²) in [5.41, 5.74) is 1.44. The van der Waals surface area contributed by atoms with E-state index < -0.39 is 0 Å². The Labute approximate surface area is 108 Å². The summed E-state index contributed by atoms with van der Waals surface area (Å²) in [7, 11) is 2.99. The van der Waals surface area contributed by atoms with Crippen LogP contribution in [0.25, 0.3) is 10.2 Å². The lowest BCUT2D eigenvalue weighted by Crippen LogP contribution is -2.15. The van der Waals surface area contributed by atoms with Gasteiger partial charge in [-0.05, 0) is 18.2 Å². The highest BCUT2D eigenvalue weighted by molar-refractivity contribution is 7.16. The van der Waals surface area contributed by atoms with Crippen molar-refractivity contribution in [2.45, 2.75) is 6.54 Å². The predicted molar refractivity (Wildman–Crippen MR) is 68.9 cm³/mol. The van der Waals surface area contributed by atoms with Gasteiger partial charge in [-0.3, -0.25) is 5.41 Å². The molecule has 0 aliphatic carbocycles. The van der Waals surface area contributed by atoms with Crippen LogP contribution in [0.5, 0.6) is 0 Å². The topological polar surface area (TPSA) is 64.3 Å². The summed E-state index contributed by atoms with van der Waals surface area (Å²) in [6.07, 6.45) is 0. The summed E-state index contributed by atoms with van der Waals surface area (Å²) in [5.74, 6) is -0.361. The number of aromatic nitrogens is 1. The van der Waals surface area contributed by atoms with Gasteiger partial charge in [-0.15, -0.1) is 0 Å². The van der Waals surface area contributed by atoms with Crippen molar-refractivity contribution in [3.05, 3.63) is 28.6 Å². The highest BCUT2D eigenvalue weighted by atomic mass is 32.1. The Morgan fingerprint density at radius 1 is 1.44 bits per heavy atom. The van der Waals surface area contributed by atoms with Gasteiger partial charge in [0, 0.05) is 13.7 Å². The van der Waals surface area contributed by atoms with Crippen LogP contribution < -0.4 is 4.80 Å². The molecule has 96 valence electrons. The first kappa shape index (κ1) is 12.8. The van der Waals surface area contributed by atoms with E-state index in [9.17, 15) is 4.79 Å². The van der Waals surface area contributed by atoms with Crippen molar-refractivity contribution in [1.29, 1.82) is 5.41 Å². The zero-order valence-electron chi connectivity index (χ0n) is 10.2. The standard InChI is InChI=1S/C12H14N2O3S/c1-16-6-5-14-9-4-3-8(11(15)17-2)7-10(9)18-12(14)13/h3-4,7,13H,5-6H2,1-2H3. The third-order valence-corrected chi connectivity index (χ3v) is 3.60. The second-order valence-electron chi connectivity index (χ2n) is 3.73. The molecule has 0 amide bonds. The predicted octanol–water partition coefficient (Wildman–Crippen LogP) is 1.62. The van der Waals surface area contributed by atoms with Crippen LogP contribution in [0, 0.1) is 5.41 Å². The molecule has 1 N–H and O–H groups in total. The Bertz CT molecular complexity index is 630. The average molecular weight is 266 g/mol. The Kier molecular flexibility index (Phi) is 3.78. The smallest absolute Gasteiger partial charge is 0.337 e. The lowest BCUT2D eigenvalue weighted by atomic mass is 10.2. The van der Waals surface area contributed by atoms with Gasteiger partial charge in [0.15, 0.2) is 4.80 Å². The van der Waals surface area contributed by atoms with Gasteiger partial charge in [0.1, 0.15) is 0 Å². The van der Waals surface area contributed by atoms with E-state index >= 15 is 0 Å². The van der Waals surface area contributed by atoms with Crippen LogP contribution >= 0.6 is 11.3 Å². The second-order valence-corrected chi connectivity index (χ2v) is 4.76. The number of fused-ring (bicyclic) bond motifs is 1. The van der Waals surface area contributed by atoms with E-state index in [1.807, 2.05) is 10.6 Å². The number of benzene rings is 1. The SMILES string of the molecule is COCCn1c(=N)sc2cc(C(=O)OC)ccc21. The summed E-state index contributed by atoms with van der Waals surface area (Å²) < 4.78 is 12.5. The largest absolute Gasteiger partial charge is 0.465 e. The normalized spacial score (nSPS) is 10.8. The van der Waals surface area contributed by atoms with E-state index in [0.29, 0.717) is 23.5 Å². The molecular weight excluding hydrogens is 252 g/mol. The highest BCUT2D eigenvalue weighted by Gasteiger charge is 2.10. The van der Waals surface area contributed by atoms with Crippen LogP contribution in [-0.4, -0.2) is 31.4 Å². The number of thiazole rings is 1. The van der Waals surface area contributed by atoms with Crippen LogP contribution in [0.3, 0.4) is 0 Å². The molecular formula is C12H14N2O3S. The molecule has 18 heavy (non-hydrogen) atoms. The molecule has 1 aromatic carbocycles. The van der Waals surface area contributed by atoms with Crippen molar-refractivity contribution < 1.29 is 14.3 Å². The number of carbonyl (C=O) groups excluding carboxylic acids is 1. The van der Waals surface area contributed by atoms with Gasteiger partial charge < -0.3 is 14.0 Å². The number of rotatable bonds is 4. The lowest BCUT2D eigenvalue weighted by molar-refractivity contribution is 0.0601. The first-order valence-corrected chi connectivity index (χ1v) is 6.24. The zero-order valence-corrected chi connectivity index (χ0v) is 11.0. The number of nitrogens with zero attached hydrogens (tertiary/aromatic N) is 1. The molecule has 2 rings (SSSR count). The highest BCUT2D eigenvalue weighted by Crippen LogP contribution is 2.19. The molecule has 6 heteroatoms. The fourth-order valence-corrected chi connectivity index (χ4v) is 2.71. The van der Waals surface area contributed by atoms with Crippen LogP contribution in [0.4, 0.5) is 0 Å². The summed E-state index contributed by atoms with van der Waals surface area (Å²) in [4.78, 5) is 11.9. The minimum atomic E-state index is -0.361. The van der Waals surface area contributed by atoms with Crippen molar-refractivity contribution in [3.8, 4) is 0 Å².